The number of rotatable bonds is 4. The molecular weight excluding hydrogens is 377 g/mol. The molecule has 2 rings (SSSR count). The molecule has 1 aliphatic carbocycles. The maximum Gasteiger partial charge on any atom is 0.191 e. The van der Waals surface area contributed by atoms with E-state index in [1.54, 1.807) is 14.2 Å². The Morgan fingerprint density at radius 2 is 2.05 bits per heavy atom. The summed E-state index contributed by atoms with van der Waals surface area (Å²) in [6, 6.07) is 6.68. The van der Waals surface area contributed by atoms with E-state index in [-0.39, 0.29) is 24.0 Å². The van der Waals surface area contributed by atoms with Gasteiger partial charge >= 0.3 is 0 Å². The average molecular weight is 401 g/mol. The molecule has 0 saturated heterocycles. The van der Waals surface area contributed by atoms with E-state index in [2.05, 4.69) is 46.8 Å². The third-order valence-electron chi connectivity index (χ3n) is 3.49. The molecule has 1 aromatic carbocycles. The fraction of sp³-hybridized carbons (Fsp3) is 0.438. The van der Waals surface area contributed by atoms with Gasteiger partial charge in [0.15, 0.2) is 5.96 Å². The van der Waals surface area contributed by atoms with Crippen molar-refractivity contribution in [3.8, 4) is 5.75 Å². The molecule has 116 valence electrons. The van der Waals surface area contributed by atoms with E-state index in [0.29, 0.717) is 6.04 Å². The Hall–Kier alpha value is -1.24. The predicted octanol–water partition coefficient (Wildman–Crippen LogP) is 3.01. The van der Waals surface area contributed by atoms with Gasteiger partial charge in [-0.3, -0.25) is 4.99 Å². The first-order valence-corrected chi connectivity index (χ1v) is 6.98. The van der Waals surface area contributed by atoms with Crippen molar-refractivity contribution in [2.75, 3.05) is 14.2 Å². The van der Waals surface area contributed by atoms with Gasteiger partial charge in [-0.15, -0.1) is 24.0 Å². The molecule has 0 amide bonds. The monoisotopic (exact) mass is 401 g/mol. The molecule has 0 spiro atoms. The summed E-state index contributed by atoms with van der Waals surface area (Å²) < 4.78 is 5.27. The average Bonchev–Trinajstić information content (AvgIpc) is 2.96. The van der Waals surface area contributed by atoms with Crippen LogP contribution in [-0.2, 0) is 6.54 Å². The minimum atomic E-state index is 0. The normalized spacial score (nSPS) is 14.7. The highest BCUT2D eigenvalue weighted by Crippen LogP contribution is 2.18. The van der Waals surface area contributed by atoms with Crippen LogP contribution in [0.1, 0.15) is 24.0 Å². The van der Waals surface area contributed by atoms with Gasteiger partial charge in [0.25, 0.3) is 0 Å². The largest absolute Gasteiger partial charge is 0.496 e. The quantitative estimate of drug-likeness (QED) is 0.353. The van der Waals surface area contributed by atoms with Crippen LogP contribution in [0.5, 0.6) is 5.75 Å². The van der Waals surface area contributed by atoms with Crippen molar-refractivity contribution in [1.82, 2.24) is 10.6 Å². The number of nitrogens with zero attached hydrogens (tertiary/aromatic N) is 1. The highest BCUT2D eigenvalue weighted by atomic mass is 127. The second kappa shape index (κ2) is 8.92. The van der Waals surface area contributed by atoms with E-state index in [9.17, 15) is 0 Å². The lowest BCUT2D eigenvalue weighted by atomic mass is 10.1. The molecule has 0 radical (unpaired) electrons. The molecule has 0 unspecified atom stereocenters. The smallest absolute Gasteiger partial charge is 0.191 e. The molecule has 0 atom stereocenters. The molecule has 2 N–H and O–H groups in total. The Labute approximate surface area is 144 Å². The molecule has 0 aromatic heterocycles. The van der Waals surface area contributed by atoms with Crippen LogP contribution < -0.4 is 15.4 Å². The maximum atomic E-state index is 5.27. The number of hydrogen-bond acceptors (Lipinski definition) is 2. The number of methoxy groups -OCH3 is 1. The van der Waals surface area contributed by atoms with Crippen LogP contribution in [-0.4, -0.2) is 26.2 Å². The first-order valence-electron chi connectivity index (χ1n) is 6.98. The van der Waals surface area contributed by atoms with Crippen molar-refractivity contribution in [3.63, 3.8) is 0 Å². The summed E-state index contributed by atoms with van der Waals surface area (Å²) in [7, 11) is 3.50. The number of ether oxygens (including phenoxy) is 1. The van der Waals surface area contributed by atoms with Gasteiger partial charge in [0.2, 0.25) is 0 Å². The summed E-state index contributed by atoms with van der Waals surface area (Å²) in [5, 5.41) is 6.77. The summed E-state index contributed by atoms with van der Waals surface area (Å²) in [5.41, 5.74) is 2.37. The topological polar surface area (TPSA) is 45.7 Å². The van der Waals surface area contributed by atoms with Crippen LogP contribution >= 0.6 is 24.0 Å². The van der Waals surface area contributed by atoms with Crippen molar-refractivity contribution >= 4 is 29.9 Å². The van der Waals surface area contributed by atoms with E-state index >= 15 is 0 Å². The van der Waals surface area contributed by atoms with Crippen LogP contribution in [0.15, 0.2) is 35.3 Å². The molecule has 0 aliphatic heterocycles. The highest BCUT2D eigenvalue weighted by molar-refractivity contribution is 14.0. The third kappa shape index (κ3) is 5.22. The number of hydrogen-bond donors (Lipinski definition) is 2. The lowest BCUT2D eigenvalue weighted by Gasteiger charge is -2.17. The summed E-state index contributed by atoms with van der Waals surface area (Å²) >= 11 is 0. The lowest BCUT2D eigenvalue weighted by molar-refractivity contribution is 0.411. The molecule has 0 saturated carbocycles. The molecule has 21 heavy (non-hydrogen) atoms. The summed E-state index contributed by atoms with van der Waals surface area (Å²) in [5.74, 6) is 1.78. The van der Waals surface area contributed by atoms with Crippen LogP contribution in [0.25, 0.3) is 0 Å². The number of nitrogens with one attached hydrogen (secondary N) is 2. The van der Waals surface area contributed by atoms with E-state index in [1.165, 1.54) is 5.56 Å². The standard InChI is InChI=1S/C16H23N3O.HI/c1-12-10-13(8-9-15(12)20-3)11-18-16(17-2)19-14-6-4-5-7-14;/h4-5,8-10,14H,6-7,11H2,1-3H3,(H2,17,18,19);1H. The minimum absolute atomic E-state index is 0. The zero-order chi connectivity index (χ0) is 14.4. The van der Waals surface area contributed by atoms with Gasteiger partial charge < -0.3 is 15.4 Å². The Balaban J connectivity index is 0.00000220. The number of aryl methyl sites for hydroxylation is 1. The van der Waals surface area contributed by atoms with Crippen LogP contribution in [0.2, 0.25) is 0 Å². The second-order valence-electron chi connectivity index (χ2n) is 5.01. The number of benzene rings is 1. The number of aliphatic imine (C=N–C) groups is 1. The fourth-order valence-corrected chi connectivity index (χ4v) is 2.36. The van der Waals surface area contributed by atoms with Crippen molar-refractivity contribution < 1.29 is 4.74 Å². The summed E-state index contributed by atoms with van der Waals surface area (Å²) in [6.07, 6.45) is 6.56. The SMILES string of the molecule is CN=C(NCc1ccc(OC)c(C)c1)NC1CC=CC1.I. The van der Waals surface area contributed by atoms with Gasteiger partial charge in [0, 0.05) is 19.6 Å². The Kier molecular flexibility index (Phi) is 7.56. The highest BCUT2D eigenvalue weighted by Gasteiger charge is 2.11. The summed E-state index contributed by atoms with van der Waals surface area (Å²) in [6.45, 7) is 2.81. The van der Waals surface area contributed by atoms with Gasteiger partial charge in [-0.05, 0) is 37.0 Å². The predicted molar refractivity (Wildman–Crippen MR) is 98.6 cm³/mol. The molecule has 4 nitrogen and oxygen atoms in total. The summed E-state index contributed by atoms with van der Waals surface area (Å²) in [4.78, 5) is 4.26. The van der Waals surface area contributed by atoms with Gasteiger partial charge in [0.05, 0.1) is 7.11 Å². The van der Waals surface area contributed by atoms with Crippen LogP contribution in [0, 0.1) is 6.92 Å². The third-order valence-corrected chi connectivity index (χ3v) is 3.49. The zero-order valence-corrected chi connectivity index (χ0v) is 15.2. The first kappa shape index (κ1) is 17.8. The van der Waals surface area contributed by atoms with Gasteiger partial charge in [-0.1, -0.05) is 24.3 Å². The Bertz CT molecular complexity index is 506. The second-order valence-corrected chi connectivity index (χ2v) is 5.01. The van der Waals surface area contributed by atoms with E-state index in [1.807, 2.05) is 6.07 Å². The van der Waals surface area contributed by atoms with E-state index in [4.69, 9.17) is 4.74 Å². The zero-order valence-electron chi connectivity index (χ0n) is 12.8. The Morgan fingerprint density at radius 1 is 1.33 bits per heavy atom. The molecule has 0 fully saturated rings. The van der Waals surface area contributed by atoms with Crippen molar-refractivity contribution in [2.24, 2.45) is 4.99 Å². The number of halogens is 1. The molecule has 5 heteroatoms. The van der Waals surface area contributed by atoms with Crippen molar-refractivity contribution in [1.29, 1.82) is 0 Å². The maximum absolute atomic E-state index is 5.27. The van der Waals surface area contributed by atoms with Crippen LogP contribution in [0.4, 0.5) is 0 Å². The molecule has 1 aliphatic rings. The van der Waals surface area contributed by atoms with E-state index < -0.39 is 0 Å². The van der Waals surface area contributed by atoms with Gasteiger partial charge in [-0.2, -0.15) is 0 Å². The van der Waals surface area contributed by atoms with E-state index in [0.717, 1.165) is 36.7 Å². The molecule has 0 bridgehead atoms. The molecule has 0 heterocycles. The molecular formula is C16H24IN3O. The fourth-order valence-electron chi connectivity index (χ4n) is 2.36. The van der Waals surface area contributed by atoms with Gasteiger partial charge in [-0.25, -0.2) is 0 Å². The van der Waals surface area contributed by atoms with Crippen molar-refractivity contribution in [3.05, 3.63) is 41.5 Å². The Morgan fingerprint density at radius 3 is 2.62 bits per heavy atom. The van der Waals surface area contributed by atoms with Gasteiger partial charge in [0.1, 0.15) is 5.75 Å². The number of guanidine groups is 1. The lowest BCUT2D eigenvalue weighted by Crippen LogP contribution is -2.42. The first-order chi connectivity index (χ1) is 9.72. The van der Waals surface area contributed by atoms with Crippen LogP contribution in [0.3, 0.4) is 0 Å². The van der Waals surface area contributed by atoms with Crippen molar-refractivity contribution in [2.45, 2.75) is 32.4 Å². The minimum Gasteiger partial charge on any atom is -0.496 e. The molecule has 1 aromatic rings.